The van der Waals surface area contributed by atoms with Gasteiger partial charge in [0, 0.05) is 12.1 Å². The number of halogens is 1. The Bertz CT molecular complexity index is 591. The fraction of sp³-hybridized carbons (Fsp3) is 0.250. The van der Waals surface area contributed by atoms with Crippen molar-refractivity contribution in [2.75, 3.05) is 5.75 Å². The lowest BCUT2D eigenvalue weighted by Gasteiger charge is -2.03. The molecule has 0 N–H and O–H groups in total. The van der Waals surface area contributed by atoms with Crippen molar-refractivity contribution in [3.05, 3.63) is 37.4 Å². The van der Waals surface area contributed by atoms with Crippen LogP contribution in [0, 0.1) is 20.2 Å². The number of sulfone groups is 1. The van der Waals surface area contributed by atoms with Crippen molar-refractivity contribution in [3.8, 4) is 0 Å². The van der Waals surface area contributed by atoms with Crippen LogP contribution in [0.25, 0.3) is 0 Å². The third kappa shape index (κ3) is 2.57. The van der Waals surface area contributed by atoms with Crippen LogP contribution in [0.2, 0.25) is 5.02 Å². The standard InChI is InChI=1S/C8H7ClN2O6S/c1-2-18(16,17)5-3-6(10(12)13)8(9)7(4-5)11(14)15/h3-4H,2H2,1H3. The molecule has 0 aromatic heterocycles. The molecule has 0 unspecified atom stereocenters. The number of nitro groups is 2. The maximum atomic E-state index is 11.6. The number of hydrogen-bond donors (Lipinski definition) is 0. The Kier molecular flexibility index (Phi) is 3.87. The summed E-state index contributed by atoms with van der Waals surface area (Å²) in [6.07, 6.45) is 0. The van der Waals surface area contributed by atoms with Gasteiger partial charge in [0.05, 0.1) is 20.5 Å². The van der Waals surface area contributed by atoms with E-state index in [1.54, 1.807) is 0 Å². The Balaban J connectivity index is 3.69. The van der Waals surface area contributed by atoms with Crippen LogP contribution in [0.5, 0.6) is 0 Å². The van der Waals surface area contributed by atoms with Gasteiger partial charge in [-0.15, -0.1) is 0 Å². The molecule has 1 aromatic carbocycles. The lowest BCUT2D eigenvalue weighted by atomic mass is 10.3. The summed E-state index contributed by atoms with van der Waals surface area (Å²) in [5, 5.41) is 20.6. The molecule has 0 fully saturated rings. The average Bonchev–Trinajstić information content (AvgIpc) is 2.28. The van der Waals surface area contributed by atoms with Crippen molar-refractivity contribution < 1.29 is 18.3 Å². The normalized spacial score (nSPS) is 11.2. The summed E-state index contributed by atoms with van der Waals surface area (Å²) >= 11 is 5.49. The summed E-state index contributed by atoms with van der Waals surface area (Å²) < 4.78 is 23.1. The van der Waals surface area contributed by atoms with Gasteiger partial charge in [-0.25, -0.2) is 8.42 Å². The Labute approximate surface area is 106 Å². The topological polar surface area (TPSA) is 120 Å². The first-order valence-corrected chi connectivity index (χ1v) is 6.58. The fourth-order valence-electron chi connectivity index (χ4n) is 1.18. The number of nitro benzene ring substituents is 2. The number of rotatable bonds is 4. The van der Waals surface area contributed by atoms with Gasteiger partial charge in [-0.2, -0.15) is 0 Å². The van der Waals surface area contributed by atoms with Crippen LogP contribution in [-0.4, -0.2) is 24.0 Å². The van der Waals surface area contributed by atoms with E-state index >= 15 is 0 Å². The zero-order valence-electron chi connectivity index (χ0n) is 8.99. The molecule has 98 valence electrons. The molecule has 0 saturated heterocycles. The van der Waals surface area contributed by atoms with Crippen LogP contribution in [0.4, 0.5) is 11.4 Å². The van der Waals surface area contributed by atoms with E-state index in [1.165, 1.54) is 6.92 Å². The highest BCUT2D eigenvalue weighted by molar-refractivity contribution is 7.91. The first-order chi connectivity index (χ1) is 8.20. The number of nitrogens with zero attached hydrogens (tertiary/aromatic N) is 2. The van der Waals surface area contributed by atoms with Gasteiger partial charge >= 0.3 is 0 Å². The predicted octanol–water partition coefficient (Wildman–Crippen LogP) is 1.95. The molecule has 8 nitrogen and oxygen atoms in total. The molecule has 0 heterocycles. The van der Waals surface area contributed by atoms with Crippen molar-refractivity contribution in [2.45, 2.75) is 11.8 Å². The second-order valence-electron chi connectivity index (χ2n) is 3.19. The fourth-order valence-corrected chi connectivity index (χ4v) is 2.34. The van der Waals surface area contributed by atoms with Gasteiger partial charge in [0.15, 0.2) is 14.9 Å². The quantitative estimate of drug-likeness (QED) is 0.618. The lowest BCUT2D eigenvalue weighted by Crippen LogP contribution is -2.06. The molecule has 0 amide bonds. The molecule has 10 heteroatoms. The monoisotopic (exact) mass is 294 g/mol. The maximum absolute atomic E-state index is 11.6. The molecule has 0 radical (unpaired) electrons. The summed E-state index contributed by atoms with van der Waals surface area (Å²) in [5.41, 5.74) is -1.62. The molecule has 1 aromatic rings. The molecule has 0 saturated carbocycles. The van der Waals surface area contributed by atoms with Crippen LogP contribution >= 0.6 is 11.6 Å². The van der Waals surface area contributed by atoms with E-state index < -0.39 is 41.0 Å². The van der Waals surface area contributed by atoms with Gasteiger partial charge in [-0.05, 0) is 0 Å². The van der Waals surface area contributed by atoms with Crippen molar-refractivity contribution in [1.82, 2.24) is 0 Å². The number of hydrogen-bond acceptors (Lipinski definition) is 6. The SMILES string of the molecule is CCS(=O)(=O)c1cc([N+](=O)[O-])c(Cl)c([N+](=O)[O-])c1. The van der Waals surface area contributed by atoms with E-state index in [2.05, 4.69) is 0 Å². The summed E-state index contributed by atoms with van der Waals surface area (Å²) in [5.74, 6) is -0.330. The van der Waals surface area contributed by atoms with Gasteiger partial charge in [-0.1, -0.05) is 18.5 Å². The smallest absolute Gasteiger partial charge is 0.258 e. The molecular formula is C8H7ClN2O6S. The van der Waals surface area contributed by atoms with Gasteiger partial charge < -0.3 is 0 Å². The highest BCUT2D eigenvalue weighted by atomic mass is 35.5. The highest BCUT2D eigenvalue weighted by Crippen LogP contribution is 2.36. The third-order valence-electron chi connectivity index (χ3n) is 2.14. The Morgan fingerprint density at radius 2 is 1.56 bits per heavy atom. The second-order valence-corrected chi connectivity index (χ2v) is 5.85. The predicted molar refractivity (Wildman–Crippen MR) is 62.5 cm³/mol. The van der Waals surface area contributed by atoms with Gasteiger partial charge in [0.2, 0.25) is 0 Å². The highest BCUT2D eigenvalue weighted by Gasteiger charge is 2.28. The third-order valence-corrected chi connectivity index (χ3v) is 4.24. The molecule has 0 spiro atoms. The van der Waals surface area contributed by atoms with Gasteiger partial charge in [-0.3, -0.25) is 20.2 Å². The van der Waals surface area contributed by atoms with Crippen LogP contribution in [-0.2, 0) is 9.84 Å². The van der Waals surface area contributed by atoms with Crippen molar-refractivity contribution in [3.63, 3.8) is 0 Å². The van der Waals surface area contributed by atoms with E-state index in [4.69, 9.17) is 11.6 Å². The summed E-state index contributed by atoms with van der Waals surface area (Å²) in [6.45, 7) is 1.32. The Morgan fingerprint density at radius 3 is 1.83 bits per heavy atom. The summed E-state index contributed by atoms with van der Waals surface area (Å²) in [6, 6.07) is 1.43. The minimum absolute atomic E-state index is 0.330. The van der Waals surface area contributed by atoms with Gasteiger partial charge in [0.25, 0.3) is 11.4 Å². The first-order valence-electron chi connectivity index (χ1n) is 4.55. The summed E-state index contributed by atoms with van der Waals surface area (Å²) in [4.78, 5) is 18.9. The zero-order valence-corrected chi connectivity index (χ0v) is 10.6. The minimum Gasteiger partial charge on any atom is -0.258 e. The van der Waals surface area contributed by atoms with E-state index in [-0.39, 0.29) is 5.75 Å². The van der Waals surface area contributed by atoms with Crippen LogP contribution in [0.15, 0.2) is 17.0 Å². The van der Waals surface area contributed by atoms with Crippen molar-refractivity contribution in [2.24, 2.45) is 0 Å². The molecule has 18 heavy (non-hydrogen) atoms. The zero-order chi connectivity index (χ0) is 14.1. The second kappa shape index (κ2) is 4.86. The number of benzene rings is 1. The maximum Gasteiger partial charge on any atom is 0.296 e. The Hall–Kier alpha value is -1.74. The van der Waals surface area contributed by atoms with E-state index in [0.717, 1.165) is 0 Å². The van der Waals surface area contributed by atoms with Crippen molar-refractivity contribution in [1.29, 1.82) is 0 Å². The average molecular weight is 295 g/mol. The van der Waals surface area contributed by atoms with E-state index in [0.29, 0.717) is 12.1 Å². The van der Waals surface area contributed by atoms with Crippen LogP contribution in [0.1, 0.15) is 6.92 Å². The van der Waals surface area contributed by atoms with E-state index in [1.807, 2.05) is 0 Å². The van der Waals surface area contributed by atoms with E-state index in [9.17, 15) is 28.6 Å². The molecule has 0 atom stereocenters. The molecule has 0 aliphatic rings. The van der Waals surface area contributed by atoms with Crippen LogP contribution in [0.3, 0.4) is 0 Å². The molecule has 0 aliphatic heterocycles. The van der Waals surface area contributed by atoms with Crippen LogP contribution < -0.4 is 0 Å². The molecular weight excluding hydrogens is 288 g/mol. The Morgan fingerprint density at radius 1 is 1.17 bits per heavy atom. The summed E-state index contributed by atoms with van der Waals surface area (Å²) in [7, 11) is -3.79. The molecule has 0 aliphatic carbocycles. The molecule has 0 bridgehead atoms. The largest absolute Gasteiger partial charge is 0.296 e. The lowest BCUT2D eigenvalue weighted by molar-refractivity contribution is -0.394. The first kappa shape index (κ1) is 14.3. The minimum atomic E-state index is -3.79. The van der Waals surface area contributed by atoms with Gasteiger partial charge in [0.1, 0.15) is 0 Å². The van der Waals surface area contributed by atoms with Crippen molar-refractivity contribution >= 4 is 32.8 Å². The molecule has 1 rings (SSSR count).